The molecule has 170 valence electrons. The number of anilines is 1. The van der Waals surface area contributed by atoms with Gasteiger partial charge in [-0.3, -0.25) is 15.0 Å². The van der Waals surface area contributed by atoms with E-state index in [2.05, 4.69) is 29.0 Å². The number of hydrogen-bond acceptors (Lipinski definition) is 6. The van der Waals surface area contributed by atoms with Crippen LogP contribution in [-0.2, 0) is 7.05 Å². The monoisotopic (exact) mass is 429 g/mol. The first-order valence-corrected chi connectivity index (χ1v) is 11.2. The molecule has 1 atom stereocenters. The Balaban J connectivity index is 1.92. The molecule has 0 aliphatic carbocycles. The topological polar surface area (TPSA) is 75.8 Å². The maximum Gasteiger partial charge on any atom is 0.311 e. The second kappa shape index (κ2) is 10.6. The Morgan fingerprint density at radius 2 is 2.03 bits per heavy atom. The van der Waals surface area contributed by atoms with Gasteiger partial charge in [-0.15, -0.1) is 0 Å². The van der Waals surface area contributed by atoms with E-state index in [1.807, 2.05) is 36.1 Å². The predicted molar refractivity (Wildman–Crippen MR) is 125 cm³/mol. The van der Waals surface area contributed by atoms with Crippen molar-refractivity contribution >= 4 is 11.4 Å². The Morgan fingerprint density at radius 1 is 1.29 bits per heavy atom. The SMILES string of the molecule is CCC(CCN(CC)c1cc(OC)c([N+](=O)[O-])cc1-c1ccn(C)c1)N1CCNCC1. The lowest BCUT2D eigenvalue weighted by molar-refractivity contribution is -0.385. The zero-order valence-corrected chi connectivity index (χ0v) is 19.1. The lowest BCUT2D eigenvalue weighted by Crippen LogP contribution is -2.49. The van der Waals surface area contributed by atoms with Gasteiger partial charge in [-0.1, -0.05) is 6.92 Å². The van der Waals surface area contributed by atoms with E-state index >= 15 is 0 Å². The maximum absolute atomic E-state index is 11.6. The summed E-state index contributed by atoms with van der Waals surface area (Å²) >= 11 is 0. The second-order valence-corrected chi connectivity index (χ2v) is 8.08. The van der Waals surface area contributed by atoms with Crippen LogP contribution in [0.1, 0.15) is 26.7 Å². The predicted octanol–water partition coefficient (Wildman–Crippen LogP) is 3.51. The van der Waals surface area contributed by atoms with Crippen molar-refractivity contribution in [1.82, 2.24) is 14.8 Å². The summed E-state index contributed by atoms with van der Waals surface area (Å²) in [5, 5.41) is 15.1. The first-order valence-electron chi connectivity index (χ1n) is 11.2. The maximum atomic E-state index is 11.6. The van der Waals surface area contributed by atoms with E-state index in [9.17, 15) is 10.1 Å². The summed E-state index contributed by atoms with van der Waals surface area (Å²) in [5.74, 6) is 0.298. The third-order valence-electron chi connectivity index (χ3n) is 6.23. The quantitative estimate of drug-likeness (QED) is 0.460. The van der Waals surface area contributed by atoms with Gasteiger partial charge in [0.1, 0.15) is 0 Å². The zero-order valence-electron chi connectivity index (χ0n) is 19.1. The molecule has 1 aliphatic heterocycles. The van der Waals surface area contributed by atoms with Crippen LogP contribution >= 0.6 is 0 Å². The molecule has 1 unspecified atom stereocenters. The summed E-state index contributed by atoms with van der Waals surface area (Å²) < 4.78 is 7.35. The van der Waals surface area contributed by atoms with Gasteiger partial charge in [0.2, 0.25) is 0 Å². The molecule has 0 spiro atoms. The number of nitrogens with one attached hydrogen (secondary N) is 1. The molecule has 1 aromatic heterocycles. The van der Waals surface area contributed by atoms with Crippen LogP contribution in [0.25, 0.3) is 11.1 Å². The van der Waals surface area contributed by atoms with E-state index in [0.717, 1.165) is 68.9 Å². The molecule has 0 bridgehead atoms. The molecule has 1 aromatic carbocycles. The minimum atomic E-state index is -0.372. The molecule has 3 rings (SSSR count). The molecule has 1 aliphatic rings. The highest BCUT2D eigenvalue weighted by molar-refractivity contribution is 5.83. The van der Waals surface area contributed by atoms with Gasteiger partial charge in [0.25, 0.3) is 0 Å². The van der Waals surface area contributed by atoms with Crippen molar-refractivity contribution in [3.8, 4) is 16.9 Å². The van der Waals surface area contributed by atoms with E-state index < -0.39 is 0 Å². The third-order valence-corrected chi connectivity index (χ3v) is 6.23. The summed E-state index contributed by atoms with van der Waals surface area (Å²) in [4.78, 5) is 16.2. The smallest absolute Gasteiger partial charge is 0.311 e. The van der Waals surface area contributed by atoms with E-state index in [1.165, 1.54) is 7.11 Å². The van der Waals surface area contributed by atoms with Crippen molar-refractivity contribution in [2.24, 2.45) is 7.05 Å². The number of ether oxygens (including phenoxy) is 1. The minimum Gasteiger partial charge on any atom is -0.490 e. The van der Waals surface area contributed by atoms with E-state index in [4.69, 9.17) is 4.74 Å². The highest BCUT2D eigenvalue weighted by Gasteiger charge is 2.24. The number of aromatic nitrogens is 1. The third kappa shape index (κ3) is 5.37. The molecule has 1 saturated heterocycles. The number of nitro benzene ring substituents is 1. The molecule has 0 radical (unpaired) electrons. The van der Waals surface area contributed by atoms with Gasteiger partial charge in [-0.05, 0) is 25.8 Å². The standard InChI is InChI=1S/C23H35N5O3/c1-5-19(27-13-9-24-10-14-27)8-12-26(6-2)21-16-23(31-4)22(28(29)30)15-20(21)18-7-11-25(3)17-18/h7,11,15-17,19,24H,5-6,8-10,12-14H2,1-4H3. The van der Waals surface area contributed by atoms with Crippen LogP contribution in [0.2, 0.25) is 0 Å². The number of nitro groups is 1. The fourth-order valence-corrected chi connectivity index (χ4v) is 4.47. The number of aryl methyl sites for hydroxylation is 1. The van der Waals surface area contributed by atoms with Crippen molar-refractivity contribution in [3.05, 3.63) is 40.7 Å². The molecule has 8 heteroatoms. The summed E-state index contributed by atoms with van der Waals surface area (Å²) in [5.41, 5.74) is 2.81. The lowest BCUT2D eigenvalue weighted by Gasteiger charge is -2.36. The molecule has 2 heterocycles. The van der Waals surface area contributed by atoms with Crippen LogP contribution in [0.15, 0.2) is 30.6 Å². The van der Waals surface area contributed by atoms with Crippen molar-refractivity contribution < 1.29 is 9.66 Å². The normalized spacial score (nSPS) is 15.6. The van der Waals surface area contributed by atoms with Crippen molar-refractivity contribution in [2.75, 3.05) is 51.3 Å². The molecule has 0 amide bonds. The number of hydrogen-bond donors (Lipinski definition) is 1. The van der Waals surface area contributed by atoms with Gasteiger partial charge in [-0.2, -0.15) is 0 Å². The van der Waals surface area contributed by atoms with E-state index in [1.54, 1.807) is 6.07 Å². The Hall–Kier alpha value is -2.58. The average Bonchev–Trinajstić information content (AvgIpc) is 3.22. The number of benzene rings is 1. The Labute approximate surface area is 184 Å². The van der Waals surface area contributed by atoms with Crippen LogP contribution in [0.5, 0.6) is 5.75 Å². The summed E-state index contributed by atoms with van der Waals surface area (Å²) in [6.07, 6.45) is 6.13. The number of piperazine rings is 1. The molecule has 1 N–H and O–H groups in total. The largest absolute Gasteiger partial charge is 0.490 e. The van der Waals surface area contributed by atoms with Crippen molar-refractivity contribution in [3.63, 3.8) is 0 Å². The zero-order chi connectivity index (χ0) is 22.4. The summed E-state index contributed by atoms with van der Waals surface area (Å²) in [6.45, 7) is 10.4. The van der Waals surface area contributed by atoms with Crippen LogP contribution in [-0.4, -0.2) is 66.8 Å². The summed E-state index contributed by atoms with van der Waals surface area (Å²) in [7, 11) is 3.44. The van der Waals surface area contributed by atoms with E-state index in [0.29, 0.717) is 11.8 Å². The number of methoxy groups -OCH3 is 1. The van der Waals surface area contributed by atoms with Crippen LogP contribution in [0, 0.1) is 10.1 Å². The van der Waals surface area contributed by atoms with Gasteiger partial charge >= 0.3 is 5.69 Å². The van der Waals surface area contributed by atoms with Gasteiger partial charge in [-0.25, -0.2) is 0 Å². The van der Waals surface area contributed by atoms with Crippen LogP contribution in [0.3, 0.4) is 0 Å². The number of nitrogens with zero attached hydrogens (tertiary/aromatic N) is 4. The van der Waals surface area contributed by atoms with Gasteiger partial charge in [0.05, 0.1) is 12.0 Å². The molecule has 8 nitrogen and oxygen atoms in total. The molecule has 1 fully saturated rings. The lowest BCUT2D eigenvalue weighted by atomic mass is 10.0. The molecule has 0 saturated carbocycles. The van der Waals surface area contributed by atoms with Crippen molar-refractivity contribution in [1.29, 1.82) is 0 Å². The molecular formula is C23H35N5O3. The Morgan fingerprint density at radius 3 is 2.58 bits per heavy atom. The Kier molecular flexibility index (Phi) is 7.92. The van der Waals surface area contributed by atoms with Crippen LogP contribution < -0.4 is 15.0 Å². The fourth-order valence-electron chi connectivity index (χ4n) is 4.47. The first kappa shape index (κ1) is 23.1. The highest BCUT2D eigenvalue weighted by Crippen LogP contribution is 2.40. The molecular weight excluding hydrogens is 394 g/mol. The van der Waals surface area contributed by atoms with E-state index in [-0.39, 0.29) is 10.6 Å². The Bertz CT molecular complexity index is 876. The first-order chi connectivity index (χ1) is 15.0. The van der Waals surface area contributed by atoms with Gasteiger partial charge < -0.3 is 19.5 Å². The molecule has 2 aromatic rings. The van der Waals surface area contributed by atoms with Gasteiger partial charge in [0, 0.05) is 93.7 Å². The second-order valence-electron chi connectivity index (χ2n) is 8.08. The van der Waals surface area contributed by atoms with Gasteiger partial charge in [0.15, 0.2) is 5.75 Å². The highest BCUT2D eigenvalue weighted by atomic mass is 16.6. The van der Waals surface area contributed by atoms with Crippen molar-refractivity contribution in [2.45, 2.75) is 32.7 Å². The average molecular weight is 430 g/mol. The minimum absolute atomic E-state index is 0.00610. The van der Waals surface area contributed by atoms with Crippen LogP contribution in [0.4, 0.5) is 11.4 Å². The number of rotatable bonds is 10. The fraction of sp³-hybridized carbons (Fsp3) is 0.565. The summed E-state index contributed by atoms with van der Waals surface area (Å²) in [6, 6.07) is 6.02. The molecule has 31 heavy (non-hydrogen) atoms.